The number of carbonyl (C=O) groups is 1. The lowest BCUT2D eigenvalue weighted by Gasteiger charge is -2.29. The summed E-state index contributed by atoms with van der Waals surface area (Å²) in [6.45, 7) is 2.94. The highest BCUT2D eigenvalue weighted by Gasteiger charge is 2.38. The van der Waals surface area contributed by atoms with E-state index in [4.69, 9.17) is 4.74 Å². The minimum Gasteiger partial charge on any atom is -0.443 e. The Kier molecular flexibility index (Phi) is 1.92. The number of hydrogen-bond acceptors (Lipinski definition) is 3. The molecule has 0 saturated carbocycles. The molecule has 2 saturated heterocycles. The predicted molar refractivity (Wildman–Crippen MR) is 43.9 cm³/mol. The molecule has 2 N–H and O–H groups in total. The normalized spacial score (nSPS) is 40.1. The lowest BCUT2D eigenvalue weighted by molar-refractivity contribution is 0.112. The number of nitrogens with one attached hydrogen (secondary N) is 2. The Morgan fingerprint density at radius 1 is 1.67 bits per heavy atom. The predicted octanol–water partition coefficient (Wildman–Crippen LogP) is 0.235. The van der Waals surface area contributed by atoms with Gasteiger partial charge in [-0.3, -0.25) is 0 Å². The molecule has 2 aliphatic heterocycles. The quantitative estimate of drug-likeness (QED) is 0.592. The van der Waals surface area contributed by atoms with Gasteiger partial charge in [-0.05, 0) is 12.8 Å². The van der Waals surface area contributed by atoms with Crippen LogP contribution in [0.1, 0.15) is 19.8 Å². The summed E-state index contributed by atoms with van der Waals surface area (Å²) in [5.74, 6) is 0. The highest BCUT2D eigenvalue weighted by molar-refractivity contribution is 5.70. The van der Waals surface area contributed by atoms with Gasteiger partial charge in [-0.15, -0.1) is 0 Å². The Morgan fingerprint density at radius 2 is 2.50 bits per heavy atom. The number of rotatable bonds is 1. The van der Waals surface area contributed by atoms with Crippen molar-refractivity contribution < 1.29 is 9.53 Å². The summed E-state index contributed by atoms with van der Waals surface area (Å²) >= 11 is 0. The third kappa shape index (κ3) is 1.27. The fraction of sp³-hybridized carbons (Fsp3) is 0.875. The first kappa shape index (κ1) is 7.86. The van der Waals surface area contributed by atoms with Crippen molar-refractivity contribution >= 4 is 6.09 Å². The number of carbonyl (C=O) groups excluding carboxylic acids is 1. The van der Waals surface area contributed by atoms with Gasteiger partial charge in [0, 0.05) is 12.6 Å². The van der Waals surface area contributed by atoms with E-state index in [0.717, 1.165) is 19.4 Å². The molecule has 0 aliphatic carbocycles. The maximum Gasteiger partial charge on any atom is 0.407 e. The van der Waals surface area contributed by atoms with Crippen LogP contribution in [0.25, 0.3) is 0 Å². The summed E-state index contributed by atoms with van der Waals surface area (Å²) in [5, 5.41) is 6.16. The molecule has 0 radical (unpaired) electrons. The van der Waals surface area contributed by atoms with Crippen LogP contribution in [0.15, 0.2) is 0 Å². The van der Waals surface area contributed by atoms with Crippen LogP contribution in [0, 0.1) is 0 Å². The molecule has 2 aliphatic rings. The number of ether oxygens (including phenoxy) is 1. The summed E-state index contributed by atoms with van der Waals surface area (Å²) in [6, 6.07) is 0.775. The smallest absolute Gasteiger partial charge is 0.407 e. The van der Waals surface area contributed by atoms with Crippen LogP contribution in [0.4, 0.5) is 4.79 Å². The Labute approximate surface area is 71.7 Å². The number of amides is 1. The van der Waals surface area contributed by atoms with Gasteiger partial charge in [-0.1, -0.05) is 6.92 Å². The van der Waals surface area contributed by atoms with Crippen molar-refractivity contribution in [3.8, 4) is 0 Å². The lowest BCUT2D eigenvalue weighted by atomic mass is 9.96. The van der Waals surface area contributed by atoms with E-state index < -0.39 is 0 Å². The standard InChI is InChI=1S/C8H14N2O2/c1-2-5-3-6-7(4-9-5)12-8(11)10-6/h5-7,9H,2-4H2,1H3,(H,10,11). The second-order valence-electron chi connectivity index (χ2n) is 3.44. The summed E-state index contributed by atoms with van der Waals surface area (Å²) in [7, 11) is 0. The molecule has 3 atom stereocenters. The third-order valence-corrected chi connectivity index (χ3v) is 2.65. The lowest BCUT2D eigenvalue weighted by Crippen LogP contribution is -2.50. The number of hydrogen-bond donors (Lipinski definition) is 2. The van der Waals surface area contributed by atoms with Crippen LogP contribution in [0.2, 0.25) is 0 Å². The summed E-state index contributed by atoms with van der Waals surface area (Å²) in [5.41, 5.74) is 0. The average Bonchev–Trinajstić information content (AvgIpc) is 2.43. The fourth-order valence-electron chi connectivity index (χ4n) is 1.88. The fourth-order valence-corrected chi connectivity index (χ4v) is 1.88. The van der Waals surface area contributed by atoms with Gasteiger partial charge in [0.25, 0.3) is 0 Å². The first-order valence-corrected chi connectivity index (χ1v) is 4.50. The molecule has 2 heterocycles. The van der Waals surface area contributed by atoms with Gasteiger partial charge in [0.2, 0.25) is 0 Å². The van der Waals surface area contributed by atoms with Gasteiger partial charge in [-0.2, -0.15) is 0 Å². The Morgan fingerprint density at radius 3 is 3.25 bits per heavy atom. The van der Waals surface area contributed by atoms with Gasteiger partial charge < -0.3 is 15.4 Å². The van der Waals surface area contributed by atoms with Crippen LogP contribution in [0.3, 0.4) is 0 Å². The molecule has 12 heavy (non-hydrogen) atoms. The molecule has 2 rings (SSSR count). The maximum atomic E-state index is 10.8. The molecule has 4 nitrogen and oxygen atoms in total. The van der Waals surface area contributed by atoms with E-state index in [1.807, 2.05) is 0 Å². The molecule has 0 bridgehead atoms. The van der Waals surface area contributed by atoms with Gasteiger partial charge in [0.1, 0.15) is 6.10 Å². The van der Waals surface area contributed by atoms with E-state index in [9.17, 15) is 4.79 Å². The molecular formula is C8H14N2O2. The average molecular weight is 170 g/mol. The van der Waals surface area contributed by atoms with Crippen molar-refractivity contribution in [3.05, 3.63) is 0 Å². The first-order chi connectivity index (χ1) is 5.79. The van der Waals surface area contributed by atoms with Crippen LogP contribution in [-0.2, 0) is 4.74 Å². The van der Waals surface area contributed by atoms with Crippen LogP contribution >= 0.6 is 0 Å². The molecule has 68 valence electrons. The zero-order valence-corrected chi connectivity index (χ0v) is 7.17. The van der Waals surface area contributed by atoms with Gasteiger partial charge in [0.05, 0.1) is 6.04 Å². The van der Waals surface area contributed by atoms with Crippen molar-refractivity contribution in [1.82, 2.24) is 10.6 Å². The molecule has 3 unspecified atom stereocenters. The highest BCUT2D eigenvalue weighted by Crippen LogP contribution is 2.18. The molecule has 1 amide bonds. The van der Waals surface area contributed by atoms with E-state index in [2.05, 4.69) is 17.6 Å². The van der Waals surface area contributed by atoms with E-state index >= 15 is 0 Å². The van der Waals surface area contributed by atoms with Crippen molar-refractivity contribution in [3.63, 3.8) is 0 Å². The molecule has 0 aromatic carbocycles. The molecule has 2 fully saturated rings. The minimum atomic E-state index is -0.261. The van der Waals surface area contributed by atoms with Crippen molar-refractivity contribution in [2.75, 3.05) is 6.54 Å². The maximum absolute atomic E-state index is 10.8. The molecule has 0 aromatic heterocycles. The van der Waals surface area contributed by atoms with Gasteiger partial charge >= 0.3 is 6.09 Å². The Bertz CT molecular complexity index is 195. The number of alkyl carbamates (subject to hydrolysis) is 1. The second kappa shape index (κ2) is 2.94. The monoisotopic (exact) mass is 170 g/mol. The van der Waals surface area contributed by atoms with E-state index in [1.54, 1.807) is 0 Å². The van der Waals surface area contributed by atoms with Gasteiger partial charge in [0.15, 0.2) is 0 Å². The topological polar surface area (TPSA) is 50.4 Å². The molecule has 4 heteroatoms. The zero-order chi connectivity index (χ0) is 8.55. The highest BCUT2D eigenvalue weighted by atomic mass is 16.6. The molecular weight excluding hydrogens is 156 g/mol. The minimum absolute atomic E-state index is 0.0558. The summed E-state index contributed by atoms with van der Waals surface area (Å²) in [6.07, 6.45) is 1.90. The van der Waals surface area contributed by atoms with E-state index in [-0.39, 0.29) is 18.2 Å². The number of piperidine rings is 1. The second-order valence-corrected chi connectivity index (χ2v) is 3.44. The van der Waals surface area contributed by atoms with Crippen LogP contribution < -0.4 is 10.6 Å². The van der Waals surface area contributed by atoms with Crippen molar-refractivity contribution in [1.29, 1.82) is 0 Å². The van der Waals surface area contributed by atoms with Crippen LogP contribution in [0.5, 0.6) is 0 Å². The Balaban J connectivity index is 1.97. The summed E-state index contributed by atoms with van der Waals surface area (Å²) in [4.78, 5) is 10.8. The van der Waals surface area contributed by atoms with Crippen LogP contribution in [-0.4, -0.2) is 30.8 Å². The SMILES string of the molecule is CCC1CC2NC(=O)OC2CN1. The summed E-state index contributed by atoms with van der Waals surface area (Å²) < 4.78 is 5.05. The number of fused-ring (bicyclic) bond motifs is 1. The first-order valence-electron chi connectivity index (χ1n) is 4.50. The largest absolute Gasteiger partial charge is 0.443 e. The van der Waals surface area contributed by atoms with Gasteiger partial charge in [-0.25, -0.2) is 4.79 Å². The van der Waals surface area contributed by atoms with E-state index in [1.165, 1.54) is 0 Å². The third-order valence-electron chi connectivity index (χ3n) is 2.65. The van der Waals surface area contributed by atoms with Crippen molar-refractivity contribution in [2.24, 2.45) is 0 Å². The Hall–Kier alpha value is -0.770. The van der Waals surface area contributed by atoms with E-state index in [0.29, 0.717) is 6.04 Å². The zero-order valence-electron chi connectivity index (χ0n) is 7.17. The van der Waals surface area contributed by atoms with Crippen molar-refractivity contribution in [2.45, 2.75) is 38.0 Å². The molecule has 0 spiro atoms. The molecule has 0 aromatic rings.